The van der Waals surface area contributed by atoms with Crippen molar-refractivity contribution >= 4 is 5.91 Å². The van der Waals surface area contributed by atoms with E-state index >= 15 is 0 Å². The SMILES string of the molecule is CCCNC(C)(CN1CCCC(C)CC1)C(N)=O. The number of amides is 1. The summed E-state index contributed by atoms with van der Waals surface area (Å²) in [7, 11) is 0. The number of nitrogens with zero attached hydrogens (tertiary/aromatic N) is 1. The zero-order valence-corrected chi connectivity index (χ0v) is 12.2. The molecule has 3 N–H and O–H groups in total. The smallest absolute Gasteiger partial charge is 0.238 e. The molecule has 2 unspecified atom stereocenters. The summed E-state index contributed by atoms with van der Waals surface area (Å²) in [6, 6.07) is 0. The molecule has 1 fully saturated rings. The molecule has 0 aliphatic carbocycles. The molecule has 1 aliphatic heterocycles. The Morgan fingerprint density at radius 2 is 2.17 bits per heavy atom. The second-order valence-corrected chi connectivity index (χ2v) is 5.94. The van der Waals surface area contributed by atoms with E-state index < -0.39 is 5.54 Å². The number of rotatable bonds is 6. The topological polar surface area (TPSA) is 58.4 Å². The molecule has 0 spiro atoms. The van der Waals surface area contributed by atoms with E-state index in [1.54, 1.807) is 0 Å². The van der Waals surface area contributed by atoms with Crippen LogP contribution in [0.3, 0.4) is 0 Å². The molecule has 0 bridgehead atoms. The summed E-state index contributed by atoms with van der Waals surface area (Å²) < 4.78 is 0. The van der Waals surface area contributed by atoms with Crippen LogP contribution in [-0.4, -0.2) is 42.5 Å². The number of hydrogen-bond donors (Lipinski definition) is 2. The number of carbonyl (C=O) groups excluding carboxylic acids is 1. The summed E-state index contributed by atoms with van der Waals surface area (Å²) in [6.07, 6.45) is 4.76. The van der Waals surface area contributed by atoms with Crippen molar-refractivity contribution in [1.82, 2.24) is 10.2 Å². The Morgan fingerprint density at radius 1 is 1.44 bits per heavy atom. The van der Waals surface area contributed by atoms with Gasteiger partial charge in [-0.15, -0.1) is 0 Å². The van der Waals surface area contributed by atoms with Crippen molar-refractivity contribution in [1.29, 1.82) is 0 Å². The molecule has 2 atom stereocenters. The molecule has 4 heteroatoms. The van der Waals surface area contributed by atoms with Gasteiger partial charge in [-0.1, -0.05) is 13.8 Å². The Kier molecular flexibility index (Phi) is 6.09. The van der Waals surface area contributed by atoms with Gasteiger partial charge in [0.1, 0.15) is 5.54 Å². The predicted molar refractivity (Wildman–Crippen MR) is 75.3 cm³/mol. The average molecular weight is 255 g/mol. The Hall–Kier alpha value is -0.610. The lowest BCUT2D eigenvalue weighted by Gasteiger charge is -2.33. The van der Waals surface area contributed by atoms with Gasteiger partial charge in [-0.05, 0) is 58.2 Å². The van der Waals surface area contributed by atoms with Crippen molar-refractivity contribution in [2.75, 3.05) is 26.2 Å². The fraction of sp³-hybridized carbons (Fsp3) is 0.929. The van der Waals surface area contributed by atoms with Crippen LogP contribution in [0.5, 0.6) is 0 Å². The van der Waals surface area contributed by atoms with Crippen molar-refractivity contribution in [3.05, 3.63) is 0 Å². The Balaban J connectivity index is 2.56. The number of primary amides is 1. The van der Waals surface area contributed by atoms with E-state index in [4.69, 9.17) is 5.73 Å². The van der Waals surface area contributed by atoms with Gasteiger partial charge in [-0.25, -0.2) is 0 Å². The average Bonchev–Trinajstić information content (AvgIpc) is 2.52. The van der Waals surface area contributed by atoms with Gasteiger partial charge < -0.3 is 16.0 Å². The van der Waals surface area contributed by atoms with Crippen molar-refractivity contribution in [2.45, 2.75) is 52.0 Å². The molecule has 0 aromatic rings. The van der Waals surface area contributed by atoms with Crippen LogP contribution >= 0.6 is 0 Å². The van der Waals surface area contributed by atoms with E-state index in [2.05, 4.69) is 24.1 Å². The number of nitrogens with two attached hydrogens (primary N) is 1. The van der Waals surface area contributed by atoms with Crippen LogP contribution in [-0.2, 0) is 4.79 Å². The molecule has 1 saturated heterocycles. The van der Waals surface area contributed by atoms with Crippen LogP contribution in [0.15, 0.2) is 0 Å². The minimum Gasteiger partial charge on any atom is -0.368 e. The van der Waals surface area contributed by atoms with Gasteiger partial charge in [-0.3, -0.25) is 4.79 Å². The number of nitrogens with one attached hydrogen (secondary N) is 1. The first-order valence-electron chi connectivity index (χ1n) is 7.25. The van der Waals surface area contributed by atoms with Gasteiger partial charge in [-0.2, -0.15) is 0 Å². The normalized spacial score (nSPS) is 25.4. The molecule has 1 amide bonds. The summed E-state index contributed by atoms with van der Waals surface area (Å²) in [6.45, 7) is 10.1. The molecule has 18 heavy (non-hydrogen) atoms. The minimum absolute atomic E-state index is 0.242. The van der Waals surface area contributed by atoms with Crippen LogP contribution < -0.4 is 11.1 Å². The molecular weight excluding hydrogens is 226 g/mol. The van der Waals surface area contributed by atoms with Crippen LogP contribution in [0.4, 0.5) is 0 Å². The molecule has 1 aliphatic rings. The zero-order chi connectivity index (χ0) is 13.6. The molecule has 1 rings (SSSR count). The Morgan fingerprint density at radius 3 is 2.78 bits per heavy atom. The molecule has 106 valence electrons. The summed E-state index contributed by atoms with van der Waals surface area (Å²) in [5.41, 5.74) is 4.97. The molecule has 0 aromatic heterocycles. The number of hydrogen-bond acceptors (Lipinski definition) is 3. The van der Waals surface area contributed by atoms with E-state index in [0.29, 0.717) is 0 Å². The third-order valence-corrected chi connectivity index (χ3v) is 3.96. The summed E-state index contributed by atoms with van der Waals surface area (Å²) in [5, 5.41) is 3.31. The van der Waals surface area contributed by atoms with E-state index in [9.17, 15) is 4.79 Å². The highest BCUT2D eigenvalue weighted by Crippen LogP contribution is 2.18. The highest BCUT2D eigenvalue weighted by Gasteiger charge is 2.32. The van der Waals surface area contributed by atoms with Gasteiger partial charge in [0, 0.05) is 6.54 Å². The van der Waals surface area contributed by atoms with E-state index in [0.717, 1.165) is 38.5 Å². The molecule has 0 saturated carbocycles. The van der Waals surface area contributed by atoms with E-state index in [1.165, 1.54) is 19.3 Å². The van der Waals surface area contributed by atoms with Crippen molar-refractivity contribution in [3.63, 3.8) is 0 Å². The van der Waals surface area contributed by atoms with Crippen LogP contribution in [0.1, 0.15) is 46.5 Å². The lowest BCUT2D eigenvalue weighted by molar-refractivity contribution is -0.124. The fourth-order valence-electron chi connectivity index (χ4n) is 2.55. The second kappa shape index (κ2) is 7.10. The quantitative estimate of drug-likeness (QED) is 0.753. The van der Waals surface area contributed by atoms with Gasteiger partial charge in [0.15, 0.2) is 0 Å². The van der Waals surface area contributed by atoms with Crippen molar-refractivity contribution < 1.29 is 4.79 Å². The molecule has 0 radical (unpaired) electrons. The zero-order valence-electron chi connectivity index (χ0n) is 12.2. The minimum atomic E-state index is -0.594. The van der Waals surface area contributed by atoms with Crippen molar-refractivity contribution in [3.8, 4) is 0 Å². The third kappa shape index (κ3) is 4.58. The predicted octanol–water partition coefficient (Wildman–Crippen LogP) is 1.35. The summed E-state index contributed by atoms with van der Waals surface area (Å²) in [4.78, 5) is 14.1. The second-order valence-electron chi connectivity index (χ2n) is 5.94. The Bertz CT molecular complexity index is 270. The molecular formula is C14H29N3O. The molecule has 0 aromatic carbocycles. The van der Waals surface area contributed by atoms with Gasteiger partial charge in [0.05, 0.1) is 0 Å². The maximum atomic E-state index is 11.7. The number of carbonyl (C=O) groups is 1. The summed E-state index contributed by atoms with van der Waals surface area (Å²) >= 11 is 0. The largest absolute Gasteiger partial charge is 0.368 e. The van der Waals surface area contributed by atoms with Crippen LogP contribution in [0, 0.1) is 5.92 Å². The molecule has 1 heterocycles. The first-order chi connectivity index (χ1) is 8.48. The lowest BCUT2D eigenvalue weighted by atomic mass is 10.00. The van der Waals surface area contributed by atoms with Crippen LogP contribution in [0.2, 0.25) is 0 Å². The first kappa shape index (κ1) is 15.4. The van der Waals surface area contributed by atoms with Crippen molar-refractivity contribution in [2.24, 2.45) is 11.7 Å². The number of likely N-dealkylation sites (tertiary alicyclic amines) is 1. The van der Waals surface area contributed by atoms with Crippen LogP contribution in [0.25, 0.3) is 0 Å². The van der Waals surface area contributed by atoms with E-state index in [-0.39, 0.29) is 5.91 Å². The lowest BCUT2D eigenvalue weighted by Crippen LogP contribution is -2.59. The maximum Gasteiger partial charge on any atom is 0.238 e. The first-order valence-corrected chi connectivity index (χ1v) is 7.25. The van der Waals surface area contributed by atoms with Gasteiger partial charge in [0.25, 0.3) is 0 Å². The maximum absolute atomic E-state index is 11.7. The standard InChI is InChI=1S/C14H29N3O/c1-4-8-16-14(3,13(15)18)11-17-9-5-6-12(2)7-10-17/h12,16H,4-11H2,1-3H3,(H2,15,18). The highest BCUT2D eigenvalue weighted by atomic mass is 16.1. The Labute approximate surface area is 111 Å². The molecule has 4 nitrogen and oxygen atoms in total. The van der Waals surface area contributed by atoms with E-state index in [1.807, 2.05) is 6.92 Å². The van der Waals surface area contributed by atoms with Gasteiger partial charge >= 0.3 is 0 Å². The monoisotopic (exact) mass is 255 g/mol. The summed E-state index contributed by atoms with van der Waals surface area (Å²) in [5.74, 6) is 0.562. The fourth-order valence-corrected chi connectivity index (χ4v) is 2.55. The highest BCUT2D eigenvalue weighted by molar-refractivity contribution is 5.84. The van der Waals surface area contributed by atoms with Gasteiger partial charge in [0.2, 0.25) is 5.91 Å². The third-order valence-electron chi connectivity index (χ3n) is 3.96.